The van der Waals surface area contributed by atoms with Crippen LogP contribution in [0.1, 0.15) is 16.8 Å². The lowest BCUT2D eigenvalue weighted by atomic mass is 10.2. The van der Waals surface area contributed by atoms with Crippen molar-refractivity contribution in [2.45, 2.75) is 6.42 Å². The summed E-state index contributed by atoms with van der Waals surface area (Å²) in [5, 5.41) is 2.72. The number of rotatable bonds is 7. The Morgan fingerprint density at radius 2 is 1.61 bits per heavy atom. The van der Waals surface area contributed by atoms with Crippen molar-refractivity contribution in [2.75, 3.05) is 19.0 Å². The Labute approximate surface area is 134 Å². The minimum Gasteiger partial charge on any atom is -0.497 e. The molecule has 0 bridgehead atoms. The van der Waals surface area contributed by atoms with Gasteiger partial charge in [0.05, 0.1) is 20.1 Å². The van der Waals surface area contributed by atoms with Crippen molar-refractivity contribution < 1.29 is 19.1 Å². The van der Waals surface area contributed by atoms with Crippen molar-refractivity contribution in [1.82, 2.24) is 0 Å². The van der Waals surface area contributed by atoms with Crippen molar-refractivity contribution >= 4 is 17.5 Å². The molecule has 2 aromatic rings. The Balaban J connectivity index is 1.77. The van der Waals surface area contributed by atoms with Gasteiger partial charge in [-0.2, -0.15) is 0 Å². The topological polar surface area (TPSA) is 90.7 Å². The van der Waals surface area contributed by atoms with Gasteiger partial charge in [0.15, 0.2) is 0 Å². The van der Waals surface area contributed by atoms with Gasteiger partial charge < -0.3 is 20.5 Å². The van der Waals surface area contributed by atoms with Crippen molar-refractivity contribution in [1.29, 1.82) is 0 Å². The molecule has 0 heterocycles. The molecule has 0 unspecified atom stereocenters. The van der Waals surface area contributed by atoms with Gasteiger partial charge >= 0.3 is 0 Å². The molecule has 3 N–H and O–H groups in total. The standard InChI is InChI=1S/C17H18N2O4/c1-22-14-6-8-15(9-7-14)23-11-10-16(20)19-13-4-2-12(3-5-13)17(18)21/h2-9H,10-11H2,1H3,(H2,18,21)(H,19,20). The predicted molar refractivity (Wildman–Crippen MR) is 86.7 cm³/mol. The van der Waals surface area contributed by atoms with Crippen LogP contribution in [0.15, 0.2) is 48.5 Å². The number of benzene rings is 2. The molecule has 0 fully saturated rings. The van der Waals surface area contributed by atoms with E-state index in [-0.39, 0.29) is 18.9 Å². The van der Waals surface area contributed by atoms with Gasteiger partial charge in [0.1, 0.15) is 11.5 Å². The molecule has 120 valence electrons. The van der Waals surface area contributed by atoms with Gasteiger partial charge in [-0.1, -0.05) is 0 Å². The molecule has 0 saturated heterocycles. The number of nitrogens with two attached hydrogens (primary N) is 1. The largest absolute Gasteiger partial charge is 0.497 e. The van der Waals surface area contributed by atoms with Crippen LogP contribution in [0.5, 0.6) is 11.5 Å². The second-order valence-corrected chi connectivity index (χ2v) is 4.76. The van der Waals surface area contributed by atoms with Gasteiger partial charge in [-0.3, -0.25) is 9.59 Å². The fourth-order valence-corrected chi connectivity index (χ4v) is 1.87. The van der Waals surface area contributed by atoms with Crippen molar-refractivity contribution in [3.05, 3.63) is 54.1 Å². The van der Waals surface area contributed by atoms with Crippen LogP contribution in [0.25, 0.3) is 0 Å². The average molecular weight is 314 g/mol. The van der Waals surface area contributed by atoms with Crippen LogP contribution in [-0.2, 0) is 4.79 Å². The van der Waals surface area contributed by atoms with Crippen LogP contribution >= 0.6 is 0 Å². The number of hydrogen-bond donors (Lipinski definition) is 2. The van der Waals surface area contributed by atoms with Crippen LogP contribution in [0.3, 0.4) is 0 Å². The summed E-state index contributed by atoms with van der Waals surface area (Å²) in [4.78, 5) is 22.8. The highest BCUT2D eigenvalue weighted by molar-refractivity contribution is 5.94. The third kappa shape index (κ3) is 5.03. The van der Waals surface area contributed by atoms with E-state index in [0.717, 1.165) is 5.75 Å². The second-order valence-electron chi connectivity index (χ2n) is 4.76. The van der Waals surface area contributed by atoms with Gasteiger partial charge in [0.2, 0.25) is 11.8 Å². The molecule has 2 rings (SSSR count). The fraction of sp³-hybridized carbons (Fsp3) is 0.176. The monoisotopic (exact) mass is 314 g/mol. The molecule has 0 radical (unpaired) electrons. The summed E-state index contributed by atoms with van der Waals surface area (Å²) in [5.74, 6) is 0.736. The summed E-state index contributed by atoms with van der Waals surface area (Å²) in [7, 11) is 1.59. The maximum atomic E-state index is 11.8. The van der Waals surface area contributed by atoms with E-state index >= 15 is 0 Å². The molecule has 23 heavy (non-hydrogen) atoms. The Morgan fingerprint density at radius 1 is 1.00 bits per heavy atom. The van der Waals surface area contributed by atoms with E-state index in [4.69, 9.17) is 15.2 Å². The Kier molecular flexibility index (Phi) is 5.57. The van der Waals surface area contributed by atoms with E-state index in [0.29, 0.717) is 17.0 Å². The zero-order valence-electron chi connectivity index (χ0n) is 12.7. The van der Waals surface area contributed by atoms with Crippen LogP contribution < -0.4 is 20.5 Å². The molecule has 2 aromatic carbocycles. The summed E-state index contributed by atoms with van der Waals surface area (Å²) in [5.41, 5.74) is 6.15. The van der Waals surface area contributed by atoms with E-state index in [1.54, 1.807) is 55.6 Å². The van der Waals surface area contributed by atoms with Gasteiger partial charge in [-0.15, -0.1) is 0 Å². The maximum absolute atomic E-state index is 11.8. The van der Waals surface area contributed by atoms with Gasteiger partial charge in [-0.05, 0) is 48.5 Å². The molecule has 6 heteroatoms. The van der Waals surface area contributed by atoms with Gasteiger partial charge in [-0.25, -0.2) is 0 Å². The number of primary amides is 1. The predicted octanol–water partition coefficient (Wildman–Crippen LogP) is 2.20. The highest BCUT2D eigenvalue weighted by Gasteiger charge is 2.05. The zero-order valence-corrected chi connectivity index (χ0v) is 12.7. The highest BCUT2D eigenvalue weighted by Crippen LogP contribution is 2.17. The zero-order chi connectivity index (χ0) is 16.7. The number of carbonyl (C=O) groups is 2. The normalized spacial score (nSPS) is 9.96. The number of methoxy groups -OCH3 is 1. The first-order valence-corrected chi connectivity index (χ1v) is 7.05. The van der Waals surface area contributed by atoms with Crippen LogP contribution in [0.4, 0.5) is 5.69 Å². The molecule has 0 aliphatic heterocycles. The molecular weight excluding hydrogens is 296 g/mol. The molecule has 6 nitrogen and oxygen atoms in total. The smallest absolute Gasteiger partial charge is 0.248 e. The number of nitrogens with one attached hydrogen (secondary N) is 1. The first kappa shape index (κ1) is 16.4. The van der Waals surface area contributed by atoms with E-state index in [1.807, 2.05) is 0 Å². The van der Waals surface area contributed by atoms with E-state index in [9.17, 15) is 9.59 Å². The fourth-order valence-electron chi connectivity index (χ4n) is 1.87. The van der Waals surface area contributed by atoms with Crippen molar-refractivity contribution in [3.63, 3.8) is 0 Å². The minimum absolute atomic E-state index is 0.176. The summed E-state index contributed by atoms with van der Waals surface area (Å²) < 4.78 is 10.5. The first-order valence-electron chi connectivity index (χ1n) is 7.05. The van der Waals surface area contributed by atoms with Crippen LogP contribution in [-0.4, -0.2) is 25.5 Å². The lowest BCUT2D eigenvalue weighted by Gasteiger charge is -2.08. The number of carbonyl (C=O) groups excluding carboxylic acids is 2. The van der Waals surface area contributed by atoms with Gasteiger partial charge in [0, 0.05) is 11.3 Å². The van der Waals surface area contributed by atoms with Gasteiger partial charge in [0.25, 0.3) is 0 Å². The first-order chi connectivity index (χ1) is 11.1. The lowest BCUT2D eigenvalue weighted by Crippen LogP contribution is -2.15. The molecule has 0 aliphatic rings. The Hall–Kier alpha value is -3.02. The number of amides is 2. The Bertz CT molecular complexity index is 666. The van der Waals surface area contributed by atoms with Crippen LogP contribution in [0, 0.1) is 0 Å². The number of ether oxygens (including phenoxy) is 2. The molecule has 2 amide bonds. The van der Waals surface area contributed by atoms with E-state index in [2.05, 4.69) is 5.32 Å². The third-order valence-corrected chi connectivity index (χ3v) is 3.11. The third-order valence-electron chi connectivity index (χ3n) is 3.11. The Morgan fingerprint density at radius 3 is 2.17 bits per heavy atom. The number of anilines is 1. The van der Waals surface area contributed by atoms with E-state index < -0.39 is 5.91 Å². The molecular formula is C17H18N2O4. The SMILES string of the molecule is COc1ccc(OCCC(=O)Nc2ccc(C(N)=O)cc2)cc1. The highest BCUT2D eigenvalue weighted by atomic mass is 16.5. The molecule has 0 spiro atoms. The molecule has 0 aromatic heterocycles. The maximum Gasteiger partial charge on any atom is 0.248 e. The van der Waals surface area contributed by atoms with E-state index in [1.165, 1.54) is 0 Å². The lowest BCUT2D eigenvalue weighted by molar-refractivity contribution is -0.116. The summed E-state index contributed by atoms with van der Waals surface area (Å²) in [6.07, 6.45) is 0.212. The summed E-state index contributed by atoms with van der Waals surface area (Å²) >= 11 is 0. The summed E-state index contributed by atoms with van der Waals surface area (Å²) in [6.45, 7) is 0.261. The van der Waals surface area contributed by atoms with Crippen molar-refractivity contribution in [3.8, 4) is 11.5 Å². The molecule has 0 atom stereocenters. The molecule has 0 aliphatic carbocycles. The second kappa shape index (κ2) is 7.84. The average Bonchev–Trinajstić information content (AvgIpc) is 2.56. The minimum atomic E-state index is -0.504. The quantitative estimate of drug-likeness (QED) is 0.819. The summed E-state index contributed by atoms with van der Waals surface area (Å²) in [6, 6.07) is 13.5. The number of hydrogen-bond acceptors (Lipinski definition) is 4. The van der Waals surface area contributed by atoms with Crippen molar-refractivity contribution in [2.24, 2.45) is 5.73 Å². The van der Waals surface area contributed by atoms with Crippen LogP contribution in [0.2, 0.25) is 0 Å². The molecule has 0 saturated carbocycles.